The van der Waals surface area contributed by atoms with Gasteiger partial charge in [-0.2, -0.15) is 0 Å². The van der Waals surface area contributed by atoms with E-state index in [1.54, 1.807) is 19.2 Å². The summed E-state index contributed by atoms with van der Waals surface area (Å²) in [6.07, 6.45) is 3.18. The van der Waals surface area contributed by atoms with Crippen LogP contribution in [-0.4, -0.2) is 45.0 Å². The molecule has 0 bridgehead atoms. The fourth-order valence-corrected chi connectivity index (χ4v) is 2.54. The van der Waals surface area contributed by atoms with Crippen molar-refractivity contribution in [3.63, 3.8) is 0 Å². The van der Waals surface area contributed by atoms with Crippen molar-refractivity contribution in [2.45, 2.75) is 38.0 Å². The second-order valence-corrected chi connectivity index (χ2v) is 5.96. The molecule has 0 spiro atoms. The van der Waals surface area contributed by atoms with E-state index in [4.69, 9.17) is 18.6 Å². The van der Waals surface area contributed by atoms with Gasteiger partial charge < -0.3 is 23.9 Å². The topological polar surface area (TPSA) is 69.9 Å². The van der Waals surface area contributed by atoms with Crippen LogP contribution < -0.4 is 5.32 Å². The van der Waals surface area contributed by atoms with Gasteiger partial charge in [0.05, 0.1) is 12.6 Å². The van der Waals surface area contributed by atoms with Crippen LogP contribution in [0.25, 0.3) is 0 Å². The van der Waals surface area contributed by atoms with Crippen molar-refractivity contribution in [1.29, 1.82) is 0 Å². The first kappa shape index (κ1) is 15.5. The summed E-state index contributed by atoms with van der Waals surface area (Å²) >= 11 is 0. The smallest absolute Gasteiger partial charge is 0.287 e. The second kappa shape index (κ2) is 7.26. The van der Waals surface area contributed by atoms with Gasteiger partial charge in [-0.05, 0) is 37.3 Å². The number of carbonyl (C=O) groups excluding carboxylic acids is 1. The van der Waals surface area contributed by atoms with Gasteiger partial charge in [-0.15, -0.1) is 0 Å². The zero-order chi connectivity index (χ0) is 15.4. The second-order valence-electron chi connectivity index (χ2n) is 5.96. The first-order valence-corrected chi connectivity index (χ1v) is 7.84. The molecule has 6 nitrogen and oxygen atoms in total. The fourth-order valence-electron chi connectivity index (χ4n) is 2.54. The molecule has 2 atom stereocenters. The summed E-state index contributed by atoms with van der Waals surface area (Å²) in [5, 5.41) is 3.01. The van der Waals surface area contributed by atoms with Crippen molar-refractivity contribution in [2.75, 3.05) is 26.9 Å². The standard InChI is InChI=1S/C16H23NO5/c1-19-9-12-4-5-14(22-12)16(18)17-13-6-7-20-10-15(13)21-8-11-2-3-11/h4-5,11,13,15H,2-3,6-10H2,1H3,(H,17,18)/t13-,15-/m1/s1. The van der Waals surface area contributed by atoms with Crippen molar-refractivity contribution in [3.05, 3.63) is 23.7 Å². The molecular weight excluding hydrogens is 286 g/mol. The Morgan fingerprint density at radius 3 is 3.00 bits per heavy atom. The van der Waals surface area contributed by atoms with Gasteiger partial charge in [0.25, 0.3) is 5.91 Å². The van der Waals surface area contributed by atoms with Gasteiger partial charge in [-0.1, -0.05) is 0 Å². The first-order valence-electron chi connectivity index (χ1n) is 7.84. The summed E-state index contributed by atoms with van der Waals surface area (Å²) in [4.78, 5) is 12.3. The van der Waals surface area contributed by atoms with Crippen LogP contribution in [0.3, 0.4) is 0 Å². The summed E-state index contributed by atoms with van der Waals surface area (Å²) in [5.74, 6) is 1.43. The van der Waals surface area contributed by atoms with Crippen LogP contribution >= 0.6 is 0 Å². The van der Waals surface area contributed by atoms with Crippen LogP contribution in [0.2, 0.25) is 0 Å². The first-order chi connectivity index (χ1) is 10.8. The largest absolute Gasteiger partial charge is 0.453 e. The summed E-state index contributed by atoms with van der Waals surface area (Å²) in [6, 6.07) is 3.39. The number of hydrogen-bond acceptors (Lipinski definition) is 5. The quantitative estimate of drug-likeness (QED) is 0.831. The summed E-state index contributed by atoms with van der Waals surface area (Å²) in [5.41, 5.74) is 0. The summed E-state index contributed by atoms with van der Waals surface area (Å²) in [7, 11) is 1.59. The van der Waals surface area contributed by atoms with E-state index in [9.17, 15) is 4.79 Å². The molecule has 122 valence electrons. The van der Waals surface area contributed by atoms with Gasteiger partial charge in [0, 0.05) is 20.3 Å². The number of nitrogens with one attached hydrogen (secondary N) is 1. The van der Waals surface area contributed by atoms with Gasteiger partial charge in [-0.25, -0.2) is 0 Å². The van der Waals surface area contributed by atoms with Gasteiger partial charge in [-0.3, -0.25) is 4.79 Å². The number of carbonyl (C=O) groups is 1. The number of rotatable bonds is 7. The number of amides is 1. The van der Waals surface area contributed by atoms with Crippen LogP contribution in [0, 0.1) is 5.92 Å². The minimum atomic E-state index is -0.214. The third-order valence-corrected chi connectivity index (χ3v) is 4.04. The van der Waals surface area contributed by atoms with Crippen LogP contribution in [0.5, 0.6) is 0 Å². The Balaban J connectivity index is 1.54. The molecule has 1 saturated carbocycles. The minimum absolute atomic E-state index is 0.0315. The lowest BCUT2D eigenvalue weighted by Crippen LogP contribution is -2.50. The van der Waals surface area contributed by atoms with Crippen molar-refractivity contribution in [2.24, 2.45) is 5.92 Å². The van der Waals surface area contributed by atoms with Crippen molar-refractivity contribution >= 4 is 5.91 Å². The van der Waals surface area contributed by atoms with Crippen molar-refractivity contribution in [1.82, 2.24) is 5.32 Å². The lowest BCUT2D eigenvalue weighted by atomic mass is 10.1. The molecule has 2 fully saturated rings. The Morgan fingerprint density at radius 2 is 2.23 bits per heavy atom. The molecule has 0 unspecified atom stereocenters. The van der Waals surface area contributed by atoms with Crippen LogP contribution in [0.4, 0.5) is 0 Å². The monoisotopic (exact) mass is 309 g/mol. The van der Waals surface area contributed by atoms with Crippen molar-refractivity contribution in [3.8, 4) is 0 Å². The number of hydrogen-bond donors (Lipinski definition) is 1. The number of furan rings is 1. The maximum atomic E-state index is 12.3. The predicted molar refractivity (Wildman–Crippen MR) is 78.6 cm³/mol. The maximum Gasteiger partial charge on any atom is 0.287 e. The van der Waals surface area contributed by atoms with Crippen LogP contribution in [0.1, 0.15) is 35.6 Å². The van der Waals surface area contributed by atoms with E-state index < -0.39 is 0 Å². The van der Waals surface area contributed by atoms with E-state index in [0.717, 1.165) is 13.0 Å². The molecule has 0 radical (unpaired) electrons. The Bertz CT molecular complexity index is 496. The molecule has 1 aliphatic heterocycles. The molecule has 1 N–H and O–H groups in total. The molecule has 6 heteroatoms. The Labute approximate surface area is 130 Å². The average molecular weight is 309 g/mol. The lowest BCUT2D eigenvalue weighted by molar-refractivity contribution is -0.0698. The summed E-state index contributed by atoms with van der Waals surface area (Å²) < 4.78 is 21.8. The minimum Gasteiger partial charge on any atom is -0.453 e. The fraction of sp³-hybridized carbons (Fsp3) is 0.688. The highest BCUT2D eigenvalue weighted by Gasteiger charge is 2.31. The third-order valence-electron chi connectivity index (χ3n) is 4.04. The molecule has 1 saturated heterocycles. The molecule has 1 amide bonds. The normalized spacial score (nSPS) is 25.1. The number of methoxy groups -OCH3 is 1. The van der Waals surface area contributed by atoms with Gasteiger partial charge in [0.1, 0.15) is 18.5 Å². The average Bonchev–Trinajstić information content (AvgIpc) is 3.24. The Morgan fingerprint density at radius 1 is 1.36 bits per heavy atom. The molecule has 2 heterocycles. The van der Waals surface area contributed by atoms with E-state index in [1.807, 2.05) is 0 Å². The van der Waals surface area contributed by atoms with E-state index in [-0.39, 0.29) is 18.1 Å². The molecule has 1 aromatic heterocycles. The lowest BCUT2D eigenvalue weighted by Gasteiger charge is -2.31. The zero-order valence-electron chi connectivity index (χ0n) is 12.9. The highest BCUT2D eigenvalue weighted by Crippen LogP contribution is 2.29. The predicted octanol–water partition coefficient (Wildman–Crippen LogP) is 1.74. The van der Waals surface area contributed by atoms with Gasteiger partial charge in [0.15, 0.2) is 5.76 Å². The Hall–Kier alpha value is -1.37. The molecule has 0 aromatic carbocycles. The van der Waals surface area contributed by atoms with E-state index in [0.29, 0.717) is 37.3 Å². The number of ether oxygens (including phenoxy) is 3. The SMILES string of the molecule is COCc1ccc(C(=O)N[C@@H]2CCOC[C@H]2OCC2CC2)o1. The maximum absolute atomic E-state index is 12.3. The van der Waals surface area contributed by atoms with E-state index in [2.05, 4.69) is 5.32 Å². The molecule has 3 rings (SSSR count). The molecule has 1 aromatic rings. The van der Waals surface area contributed by atoms with Crippen LogP contribution in [-0.2, 0) is 20.8 Å². The van der Waals surface area contributed by atoms with E-state index in [1.165, 1.54) is 12.8 Å². The molecule has 1 aliphatic carbocycles. The van der Waals surface area contributed by atoms with Gasteiger partial charge in [0.2, 0.25) is 0 Å². The molecule has 2 aliphatic rings. The summed E-state index contributed by atoms with van der Waals surface area (Å²) in [6.45, 7) is 2.29. The third kappa shape index (κ3) is 4.09. The Kier molecular flexibility index (Phi) is 5.12. The highest BCUT2D eigenvalue weighted by molar-refractivity contribution is 5.91. The highest BCUT2D eigenvalue weighted by atomic mass is 16.5. The van der Waals surface area contributed by atoms with Crippen molar-refractivity contribution < 1.29 is 23.4 Å². The van der Waals surface area contributed by atoms with Crippen LogP contribution in [0.15, 0.2) is 16.5 Å². The molecule has 22 heavy (non-hydrogen) atoms. The molecular formula is C16H23NO5. The van der Waals surface area contributed by atoms with E-state index >= 15 is 0 Å². The van der Waals surface area contributed by atoms with Gasteiger partial charge >= 0.3 is 0 Å². The zero-order valence-corrected chi connectivity index (χ0v) is 12.9.